The zero-order valence-corrected chi connectivity index (χ0v) is 13.2. The molecule has 0 amide bonds. The summed E-state index contributed by atoms with van der Waals surface area (Å²) in [6.07, 6.45) is 1.61. The molecule has 3 unspecified atom stereocenters. The van der Waals surface area contributed by atoms with E-state index in [1.54, 1.807) is 0 Å². The molecule has 0 saturated carbocycles. The van der Waals surface area contributed by atoms with Crippen LogP contribution in [0.4, 0.5) is 0 Å². The van der Waals surface area contributed by atoms with Crippen LogP contribution in [0.5, 0.6) is 0 Å². The number of aliphatic carboxylic acids is 1. The Morgan fingerprint density at radius 3 is 2.62 bits per heavy atom. The maximum atomic E-state index is 12.8. The van der Waals surface area contributed by atoms with Gasteiger partial charge in [0.15, 0.2) is 0 Å². The standard InChI is InChI=1S/C13H13Cl2NO4S/c14-9-2-1-3-11(12(9)15)21(19,20)16-7-4-5-10(16)8(6-7)13(17)18/h1-3,7-8,10H,4-6H2,(H,17,18). The second kappa shape index (κ2) is 5.12. The monoisotopic (exact) mass is 349 g/mol. The zero-order valence-electron chi connectivity index (χ0n) is 10.9. The molecule has 21 heavy (non-hydrogen) atoms. The molecule has 2 saturated heterocycles. The summed E-state index contributed by atoms with van der Waals surface area (Å²) < 4.78 is 27.0. The average Bonchev–Trinajstić information content (AvgIpc) is 2.99. The first-order valence-corrected chi connectivity index (χ1v) is 8.74. The van der Waals surface area contributed by atoms with Gasteiger partial charge in [-0.05, 0) is 31.4 Å². The Balaban J connectivity index is 2.04. The van der Waals surface area contributed by atoms with Crippen molar-refractivity contribution in [1.82, 2.24) is 4.31 Å². The van der Waals surface area contributed by atoms with Gasteiger partial charge in [-0.1, -0.05) is 29.3 Å². The average molecular weight is 350 g/mol. The van der Waals surface area contributed by atoms with Gasteiger partial charge in [0.05, 0.1) is 16.0 Å². The molecule has 1 aromatic carbocycles. The molecule has 2 aliphatic rings. The number of nitrogens with zero attached hydrogens (tertiary/aromatic N) is 1. The first-order chi connectivity index (χ1) is 9.84. The van der Waals surface area contributed by atoms with Crippen molar-refractivity contribution in [2.24, 2.45) is 5.92 Å². The lowest BCUT2D eigenvalue weighted by Gasteiger charge is -2.23. The summed E-state index contributed by atoms with van der Waals surface area (Å²) in [5.74, 6) is -1.59. The van der Waals surface area contributed by atoms with Crippen LogP contribution in [-0.4, -0.2) is 35.9 Å². The van der Waals surface area contributed by atoms with Crippen molar-refractivity contribution in [3.8, 4) is 0 Å². The molecular formula is C13H13Cl2NO4S. The first-order valence-electron chi connectivity index (χ1n) is 6.54. The topological polar surface area (TPSA) is 74.7 Å². The van der Waals surface area contributed by atoms with Crippen LogP contribution in [0, 0.1) is 5.92 Å². The van der Waals surface area contributed by atoms with Gasteiger partial charge in [0, 0.05) is 12.1 Å². The number of carboxylic acid groups (broad SMARTS) is 1. The predicted octanol–water partition coefficient (Wildman–Crippen LogP) is 2.62. The van der Waals surface area contributed by atoms with Crippen molar-refractivity contribution in [1.29, 1.82) is 0 Å². The van der Waals surface area contributed by atoms with Crippen LogP contribution in [0.1, 0.15) is 19.3 Å². The number of fused-ring (bicyclic) bond motifs is 2. The predicted molar refractivity (Wildman–Crippen MR) is 78.0 cm³/mol. The second-order valence-corrected chi connectivity index (χ2v) is 7.96. The van der Waals surface area contributed by atoms with Gasteiger partial charge in [0.1, 0.15) is 4.90 Å². The van der Waals surface area contributed by atoms with E-state index in [0.717, 1.165) is 0 Å². The number of rotatable bonds is 3. The Hall–Kier alpha value is -0.820. The van der Waals surface area contributed by atoms with E-state index in [1.165, 1.54) is 22.5 Å². The van der Waals surface area contributed by atoms with Crippen molar-refractivity contribution in [3.63, 3.8) is 0 Å². The fraction of sp³-hybridized carbons (Fsp3) is 0.462. The lowest BCUT2D eigenvalue weighted by molar-refractivity contribution is -0.142. The van der Waals surface area contributed by atoms with Gasteiger partial charge >= 0.3 is 5.97 Å². The summed E-state index contributed by atoms with van der Waals surface area (Å²) in [5, 5.41) is 9.37. The van der Waals surface area contributed by atoms with Crippen molar-refractivity contribution in [2.75, 3.05) is 0 Å². The Labute approximate surface area is 132 Å². The molecule has 3 atom stereocenters. The molecule has 8 heteroatoms. The molecule has 0 spiro atoms. The molecule has 0 aliphatic carbocycles. The number of hydrogen-bond acceptors (Lipinski definition) is 3. The van der Waals surface area contributed by atoms with Crippen LogP contribution in [-0.2, 0) is 14.8 Å². The molecular weight excluding hydrogens is 337 g/mol. The van der Waals surface area contributed by atoms with E-state index in [0.29, 0.717) is 19.3 Å². The molecule has 0 radical (unpaired) electrons. The van der Waals surface area contributed by atoms with E-state index >= 15 is 0 Å². The number of benzene rings is 1. The van der Waals surface area contributed by atoms with Crippen molar-refractivity contribution < 1.29 is 18.3 Å². The highest BCUT2D eigenvalue weighted by Crippen LogP contribution is 2.46. The molecule has 2 bridgehead atoms. The molecule has 2 fully saturated rings. The Morgan fingerprint density at radius 2 is 2.00 bits per heavy atom. The van der Waals surface area contributed by atoms with Crippen LogP contribution in [0.25, 0.3) is 0 Å². The van der Waals surface area contributed by atoms with Gasteiger partial charge in [-0.25, -0.2) is 8.42 Å². The largest absolute Gasteiger partial charge is 0.481 e. The maximum absolute atomic E-state index is 12.8. The third kappa shape index (κ3) is 2.25. The molecule has 0 aromatic heterocycles. The summed E-state index contributed by atoms with van der Waals surface area (Å²) in [6, 6.07) is 3.68. The minimum absolute atomic E-state index is 0.0164. The number of hydrogen-bond donors (Lipinski definition) is 1. The van der Waals surface area contributed by atoms with Crippen molar-refractivity contribution in [2.45, 2.75) is 36.2 Å². The van der Waals surface area contributed by atoms with Crippen LogP contribution in [0.2, 0.25) is 10.0 Å². The fourth-order valence-electron chi connectivity index (χ4n) is 3.38. The SMILES string of the molecule is O=C(O)C1CC2CCC1N2S(=O)(=O)c1cccc(Cl)c1Cl. The van der Waals surface area contributed by atoms with E-state index in [2.05, 4.69) is 0 Å². The van der Waals surface area contributed by atoms with Gasteiger partial charge in [-0.2, -0.15) is 4.31 Å². The molecule has 5 nitrogen and oxygen atoms in total. The van der Waals surface area contributed by atoms with Crippen LogP contribution in [0.3, 0.4) is 0 Å². The number of sulfonamides is 1. The second-order valence-electron chi connectivity index (χ2n) is 5.37. The van der Waals surface area contributed by atoms with E-state index in [-0.39, 0.29) is 21.0 Å². The molecule has 1 aromatic rings. The molecule has 2 aliphatic heterocycles. The van der Waals surface area contributed by atoms with Gasteiger partial charge in [0.25, 0.3) is 0 Å². The van der Waals surface area contributed by atoms with E-state index < -0.39 is 28.0 Å². The number of carboxylic acids is 1. The van der Waals surface area contributed by atoms with Crippen LogP contribution < -0.4 is 0 Å². The van der Waals surface area contributed by atoms with Gasteiger partial charge in [0.2, 0.25) is 10.0 Å². The van der Waals surface area contributed by atoms with Crippen molar-refractivity contribution >= 4 is 39.2 Å². The molecule has 1 N–H and O–H groups in total. The number of carbonyl (C=O) groups is 1. The third-order valence-corrected chi connectivity index (χ3v) is 7.21. The Morgan fingerprint density at radius 1 is 1.29 bits per heavy atom. The minimum atomic E-state index is -3.84. The van der Waals surface area contributed by atoms with Crippen LogP contribution in [0.15, 0.2) is 23.1 Å². The van der Waals surface area contributed by atoms with E-state index in [9.17, 15) is 18.3 Å². The Bertz CT molecular complexity index is 706. The minimum Gasteiger partial charge on any atom is -0.481 e. The first kappa shape index (κ1) is 15.1. The van der Waals surface area contributed by atoms with Gasteiger partial charge < -0.3 is 5.11 Å². The Kier molecular flexibility index (Phi) is 3.68. The van der Waals surface area contributed by atoms with Crippen LogP contribution >= 0.6 is 23.2 Å². The lowest BCUT2D eigenvalue weighted by Crippen LogP contribution is -2.38. The van der Waals surface area contributed by atoms with E-state index in [4.69, 9.17) is 23.2 Å². The highest BCUT2D eigenvalue weighted by molar-refractivity contribution is 7.89. The van der Waals surface area contributed by atoms with Gasteiger partial charge in [-0.15, -0.1) is 0 Å². The quantitative estimate of drug-likeness (QED) is 0.909. The summed E-state index contributed by atoms with van der Waals surface area (Å²) in [6.45, 7) is 0. The molecule has 114 valence electrons. The maximum Gasteiger partial charge on any atom is 0.308 e. The summed E-state index contributed by atoms with van der Waals surface area (Å²) in [5.41, 5.74) is 0. The zero-order chi connectivity index (χ0) is 15.4. The summed E-state index contributed by atoms with van der Waals surface area (Å²) >= 11 is 11.9. The third-order valence-electron chi connectivity index (χ3n) is 4.26. The van der Waals surface area contributed by atoms with E-state index in [1.807, 2.05) is 0 Å². The highest BCUT2D eigenvalue weighted by atomic mass is 35.5. The highest BCUT2D eigenvalue weighted by Gasteiger charge is 2.54. The smallest absolute Gasteiger partial charge is 0.308 e. The fourth-order valence-corrected chi connectivity index (χ4v) is 6.03. The summed E-state index contributed by atoms with van der Waals surface area (Å²) in [7, 11) is -3.84. The lowest BCUT2D eigenvalue weighted by atomic mass is 9.89. The van der Waals surface area contributed by atoms with Gasteiger partial charge in [-0.3, -0.25) is 4.79 Å². The summed E-state index contributed by atoms with van der Waals surface area (Å²) in [4.78, 5) is 11.2. The normalized spacial score (nSPS) is 29.0. The molecule has 2 heterocycles. The van der Waals surface area contributed by atoms with Crippen molar-refractivity contribution in [3.05, 3.63) is 28.2 Å². The molecule has 3 rings (SSSR count). The number of halogens is 2.